The zero-order chi connectivity index (χ0) is 14.7. The fourth-order valence-electron chi connectivity index (χ4n) is 3.03. The number of benzene rings is 1. The maximum absolute atomic E-state index is 10.9. The highest BCUT2D eigenvalue weighted by molar-refractivity contribution is 5.68. The third-order valence-corrected chi connectivity index (χ3v) is 4.52. The van der Waals surface area contributed by atoms with E-state index in [2.05, 4.69) is 37.8 Å². The normalized spacial score (nSPS) is 21.6. The van der Waals surface area contributed by atoms with Crippen LogP contribution in [0.3, 0.4) is 0 Å². The van der Waals surface area contributed by atoms with E-state index in [0.29, 0.717) is 12.6 Å². The van der Waals surface area contributed by atoms with Crippen LogP contribution in [0.25, 0.3) is 0 Å². The molecule has 0 radical (unpaired) electrons. The summed E-state index contributed by atoms with van der Waals surface area (Å²) in [6, 6.07) is 8.78. The number of aliphatic carboxylic acids is 1. The van der Waals surface area contributed by atoms with Gasteiger partial charge in [0.1, 0.15) is 0 Å². The molecule has 0 atom stereocenters. The van der Waals surface area contributed by atoms with E-state index in [1.807, 2.05) is 12.1 Å². The first kappa shape index (κ1) is 14.9. The van der Waals surface area contributed by atoms with Gasteiger partial charge >= 0.3 is 5.97 Å². The second kappa shape index (κ2) is 6.29. The Balaban J connectivity index is 2.10. The minimum atomic E-state index is -0.719. The molecule has 0 saturated heterocycles. The number of hydrogen-bond donors (Lipinski definition) is 1. The van der Waals surface area contributed by atoms with Crippen molar-refractivity contribution in [3.63, 3.8) is 0 Å². The Kier molecular flexibility index (Phi) is 4.69. The van der Waals surface area contributed by atoms with Crippen molar-refractivity contribution in [2.75, 3.05) is 11.4 Å². The van der Waals surface area contributed by atoms with E-state index in [1.165, 1.54) is 24.1 Å². The van der Waals surface area contributed by atoms with E-state index in [0.717, 1.165) is 11.8 Å². The molecule has 1 aromatic rings. The third-order valence-electron chi connectivity index (χ3n) is 4.52. The maximum Gasteiger partial charge on any atom is 0.305 e. The number of carboxylic acids is 1. The van der Waals surface area contributed by atoms with Gasteiger partial charge in [-0.2, -0.15) is 0 Å². The Labute approximate surface area is 121 Å². The molecule has 20 heavy (non-hydrogen) atoms. The lowest BCUT2D eigenvalue weighted by Crippen LogP contribution is -2.47. The molecule has 0 spiro atoms. The van der Waals surface area contributed by atoms with E-state index in [9.17, 15) is 4.79 Å². The van der Waals surface area contributed by atoms with Crippen LogP contribution >= 0.6 is 0 Å². The van der Waals surface area contributed by atoms with E-state index in [4.69, 9.17) is 5.11 Å². The van der Waals surface area contributed by atoms with E-state index in [1.54, 1.807) is 0 Å². The Morgan fingerprint density at radius 3 is 2.55 bits per heavy atom. The molecule has 1 N–H and O–H groups in total. The van der Waals surface area contributed by atoms with Crippen molar-refractivity contribution in [3.05, 3.63) is 29.8 Å². The summed E-state index contributed by atoms with van der Waals surface area (Å²) in [4.78, 5) is 13.2. The lowest BCUT2D eigenvalue weighted by Gasteiger charge is -2.46. The predicted octanol–water partition coefficient (Wildman–Crippen LogP) is 3.71. The average molecular weight is 275 g/mol. The van der Waals surface area contributed by atoms with E-state index < -0.39 is 5.97 Å². The first-order valence-electron chi connectivity index (χ1n) is 7.53. The van der Waals surface area contributed by atoms with Crippen molar-refractivity contribution in [1.82, 2.24) is 0 Å². The molecule has 0 amide bonds. The summed E-state index contributed by atoms with van der Waals surface area (Å²) in [6.07, 6.45) is 2.58. The zero-order valence-electron chi connectivity index (χ0n) is 12.7. The highest BCUT2D eigenvalue weighted by atomic mass is 16.4. The third kappa shape index (κ3) is 3.33. The molecular weight excluding hydrogens is 250 g/mol. The first-order chi connectivity index (χ1) is 9.49. The lowest BCUT2D eigenvalue weighted by molar-refractivity contribution is -0.136. The molecule has 0 aliphatic heterocycles. The second-order valence-corrected chi connectivity index (χ2v) is 6.25. The fourth-order valence-corrected chi connectivity index (χ4v) is 3.03. The molecule has 1 aliphatic carbocycles. The van der Waals surface area contributed by atoms with Gasteiger partial charge in [0.2, 0.25) is 0 Å². The predicted molar refractivity (Wildman–Crippen MR) is 82.1 cm³/mol. The molecule has 2 rings (SSSR count). The maximum atomic E-state index is 10.9. The van der Waals surface area contributed by atoms with Crippen LogP contribution in [0.1, 0.15) is 38.7 Å². The van der Waals surface area contributed by atoms with Gasteiger partial charge in [-0.25, -0.2) is 0 Å². The number of carbonyl (C=O) groups is 1. The SMILES string of the molecule is Cc1ccccc1N(CCC(=O)O)C1CC(C(C)C)C1. The minimum absolute atomic E-state index is 0.206. The van der Waals surface area contributed by atoms with Crippen LogP contribution in [0.4, 0.5) is 5.69 Å². The molecule has 3 heteroatoms. The molecule has 1 aromatic carbocycles. The topological polar surface area (TPSA) is 40.5 Å². The van der Waals surface area contributed by atoms with E-state index >= 15 is 0 Å². The molecule has 0 bridgehead atoms. The Bertz CT molecular complexity index is 464. The molecule has 110 valence electrons. The Morgan fingerprint density at radius 2 is 2.00 bits per heavy atom. The van der Waals surface area contributed by atoms with Gasteiger partial charge in [-0.05, 0) is 43.2 Å². The van der Waals surface area contributed by atoms with Crippen LogP contribution in [-0.2, 0) is 4.79 Å². The number of nitrogens with zero attached hydrogens (tertiary/aromatic N) is 1. The molecule has 1 saturated carbocycles. The molecule has 0 heterocycles. The van der Waals surface area contributed by atoms with Gasteiger partial charge in [0.05, 0.1) is 6.42 Å². The van der Waals surface area contributed by atoms with Crippen molar-refractivity contribution in [2.45, 2.75) is 46.1 Å². The molecule has 0 aromatic heterocycles. The summed E-state index contributed by atoms with van der Waals surface area (Å²) < 4.78 is 0. The van der Waals surface area contributed by atoms with Crippen LogP contribution in [0, 0.1) is 18.8 Å². The standard InChI is InChI=1S/C17H25NO2/c1-12(2)14-10-15(11-14)18(9-8-17(19)20)16-7-5-4-6-13(16)3/h4-7,12,14-15H,8-11H2,1-3H3,(H,19,20). The largest absolute Gasteiger partial charge is 0.481 e. The molecular formula is C17H25NO2. The average Bonchev–Trinajstić information content (AvgIpc) is 2.32. The summed E-state index contributed by atoms with van der Waals surface area (Å²) in [6.45, 7) is 7.25. The summed E-state index contributed by atoms with van der Waals surface area (Å²) >= 11 is 0. The van der Waals surface area contributed by atoms with Crippen molar-refractivity contribution >= 4 is 11.7 Å². The van der Waals surface area contributed by atoms with Gasteiger partial charge in [-0.3, -0.25) is 4.79 Å². The summed E-state index contributed by atoms with van der Waals surface area (Å²) in [5.74, 6) is 0.795. The number of hydrogen-bond acceptors (Lipinski definition) is 2. The summed E-state index contributed by atoms with van der Waals surface area (Å²) in [5, 5.41) is 8.96. The number of rotatable bonds is 6. The lowest BCUT2D eigenvalue weighted by atomic mass is 9.72. The van der Waals surface area contributed by atoms with Crippen molar-refractivity contribution in [3.8, 4) is 0 Å². The number of para-hydroxylation sites is 1. The van der Waals surface area contributed by atoms with Crippen LogP contribution in [0.2, 0.25) is 0 Å². The Hall–Kier alpha value is -1.51. The van der Waals surface area contributed by atoms with Crippen molar-refractivity contribution < 1.29 is 9.90 Å². The van der Waals surface area contributed by atoms with Gasteiger partial charge in [0.25, 0.3) is 0 Å². The Morgan fingerprint density at radius 1 is 1.35 bits per heavy atom. The van der Waals surface area contributed by atoms with Crippen LogP contribution < -0.4 is 4.90 Å². The molecule has 1 aliphatic rings. The van der Waals surface area contributed by atoms with Crippen LogP contribution in [0.15, 0.2) is 24.3 Å². The highest BCUT2D eigenvalue weighted by Gasteiger charge is 2.35. The van der Waals surface area contributed by atoms with Crippen molar-refractivity contribution in [2.24, 2.45) is 11.8 Å². The van der Waals surface area contributed by atoms with Crippen LogP contribution in [-0.4, -0.2) is 23.7 Å². The van der Waals surface area contributed by atoms with Gasteiger partial charge in [-0.1, -0.05) is 32.0 Å². The zero-order valence-corrected chi connectivity index (χ0v) is 12.7. The smallest absolute Gasteiger partial charge is 0.305 e. The number of carboxylic acid groups (broad SMARTS) is 1. The van der Waals surface area contributed by atoms with Crippen LogP contribution in [0.5, 0.6) is 0 Å². The van der Waals surface area contributed by atoms with Gasteiger partial charge < -0.3 is 10.0 Å². The number of anilines is 1. The van der Waals surface area contributed by atoms with Gasteiger partial charge in [-0.15, -0.1) is 0 Å². The van der Waals surface area contributed by atoms with Gasteiger partial charge in [0, 0.05) is 18.3 Å². The monoisotopic (exact) mass is 275 g/mol. The van der Waals surface area contributed by atoms with Gasteiger partial charge in [0.15, 0.2) is 0 Å². The highest BCUT2D eigenvalue weighted by Crippen LogP contribution is 2.39. The summed E-state index contributed by atoms with van der Waals surface area (Å²) in [5.41, 5.74) is 2.42. The first-order valence-corrected chi connectivity index (χ1v) is 7.53. The fraction of sp³-hybridized carbons (Fsp3) is 0.588. The quantitative estimate of drug-likeness (QED) is 0.860. The van der Waals surface area contributed by atoms with E-state index in [-0.39, 0.29) is 6.42 Å². The number of aryl methyl sites for hydroxylation is 1. The molecule has 1 fully saturated rings. The minimum Gasteiger partial charge on any atom is -0.481 e. The molecule has 3 nitrogen and oxygen atoms in total. The second-order valence-electron chi connectivity index (χ2n) is 6.25. The summed E-state index contributed by atoms with van der Waals surface area (Å²) in [7, 11) is 0. The van der Waals surface area contributed by atoms with Crippen molar-refractivity contribution in [1.29, 1.82) is 0 Å². The molecule has 0 unspecified atom stereocenters.